The molecule has 0 amide bonds. The average molecular weight is 393 g/mol. The first-order chi connectivity index (χ1) is 13.6. The smallest absolute Gasteiger partial charge is 0.0842 e. The molecule has 28 heavy (non-hydrogen) atoms. The molecule has 2 atom stereocenters. The molecule has 6 nitrogen and oxygen atoms in total. The third-order valence-electron chi connectivity index (χ3n) is 6.83. The first-order valence-corrected chi connectivity index (χ1v) is 11.2. The van der Waals surface area contributed by atoms with Gasteiger partial charge in [0.1, 0.15) is 0 Å². The Bertz CT molecular complexity index is 567. The van der Waals surface area contributed by atoms with Crippen molar-refractivity contribution in [1.82, 2.24) is 20.4 Å². The number of likely N-dealkylation sites (N-methyl/N-ethyl adjacent to an activating group) is 2. The van der Waals surface area contributed by atoms with E-state index in [0.717, 1.165) is 32.8 Å². The van der Waals surface area contributed by atoms with Crippen LogP contribution in [-0.4, -0.2) is 67.7 Å². The highest BCUT2D eigenvalue weighted by molar-refractivity contribution is 5.21. The Morgan fingerprint density at radius 3 is 2.39 bits per heavy atom. The minimum Gasteiger partial charge on any atom is -0.376 e. The molecular weight excluding hydrogens is 352 g/mol. The van der Waals surface area contributed by atoms with E-state index in [1.807, 2.05) is 13.2 Å². The van der Waals surface area contributed by atoms with Crippen molar-refractivity contribution in [3.8, 4) is 0 Å². The molecule has 2 aliphatic carbocycles. The third-order valence-corrected chi connectivity index (χ3v) is 6.83. The molecule has 1 spiro atoms. The lowest BCUT2D eigenvalue weighted by molar-refractivity contribution is -0.0489. The van der Waals surface area contributed by atoms with Gasteiger partial charge in [0.25, 0.3) is 0 Å². The summed E-state index contributed by atoms with van der Waals surface area (Å²) in [6.45, 7) is 8.78. The second-order valence-electron chi connectivity index (χ2n) is 8.82. The maximum Gasteiger partial charge on any atom is 0.0842 e. The maximum absolute atomic E-state index is 6.04. The van der Waals surface area contributed by atoms with Crippen molar-refractivity contribution >= 4 is 0 Å². The Labute approximate surface area is 170 Å². The van der Waals surface area contributed by atoms with Gasteiger partial charge in [0.15, 0.2) is 0 Å². The first-order valence-electron chi connectivity index (χ1n) is 11.2. The van der Waals surface area contributed by atoms with Gasteiger partial charge in [-0.05, 0) is 71.9 Å². The topological polar surface area (TPSA) is 62.4 Å². The van der Waals surface area contributed by atoms with E-state index in [4.69, 9.17) is 9.47 Å². The Balaban J connectivity index is 1.58. The summed E-state index contributed by atoms with van der Waals surface area (Å²) in [4.78, 5) is 2.37. The lowest BCUT2D eigenvalue weighted by Crippen LogP contribution is -2.28. The van der Waals surface area contributed by atoms with E-state index in [2.05, 4.69) is 41.3 Å². The fourth-order valence-electron chi connectivity index (χ4n) is 5.36. The summed E-state index contributed by atoms with van der Waals surface area (Å²) < 4.78 is 12.1. The second-order valence-corrected chi connectivity index (χ2v) is 8.82. The van der Waals surface area contributed by atoms with E-state index < -0.39 is 0 Å². The van der Waals surface area contributed by atoms with Gasteiger partial charge in [0, 0.05) is 50.0 Å². The van der Waals surface area contributed by atoms with E-state index in [9.17, 15) is 0 Å². The monoisotopic (exact) mass is 392 g/mol. The molecule has 0 radical (unpaired) electrons. The second kappa shape index (κ2) is 10.2. The molecule has 2 aliphatic rings. The normalized spacial score (nSPS) is 30.5. The number of nitrogens with one attached hydrogen (secondary N) is 2. The van der Waals surface area contributed by atoms with Crippen LogP contribution in [0.3, 0.4) is 0 Å². The molecule has 1 aromatic rings. The molecule has 2 N–H and O–H groups in total. The molecule has 0 aromatic carbocycles. The Morgan fingerprint density at radius 2 is 1.82 bits per heavy atom. The molecule has 0 bridgehead atoms. The standard InChI is InChI=1S/C22H40N4O2/c1-5-27-19-13-22(14-20(19)28-6-2)9-7-17(8-10-22)21-18(15-24-25-21)16-26(4)12-11-23-3/h15,17,19-20,23H,5-14,16H2,1-4H3,(H,24,25). The molecule has 2 unspecified atom stereocenters. The van der Waals surface area contributed by atoms with E-state index in [1.165, 1.54) is 49.8 Å². The molecule has 1 heterocycles. The zero-order chi connectivity index (χ0) is 20.0. The van der Waals surface area contributed by atoms with E-state index in [0.29, 0.717) is 11.3 Å². The summed E-state index contributed by atoms with van der Waals surface area (Å²) in [5.41, 5.74) is 3.15. The van der Waals surface area contributed by atoms with Crippen molar-refractivity contribution in [2.24, 2.45) is 5.41 Å². The fourth-order valence-corrected chi connectivity index (χ4v) is 5.36. The van der Waals surface area contributed by atoms with Crippen LogP contribution in [0, 0.1) is 5.41 Å². The summed E-state index contributed by atoms with van der Waals surface area (Å²) in [5.74, 6) is 0.609. The highest BCUT2D eigenvalue weighted by Gasteiger charge is 2.48. The van der Waals surface area contributed by atoms with Gasteiger partial charge in [-0.1, -0.05) is 0 Å². The van der Waals surface area contributed by atoms with Crippen LogP contribution in [0.25, 0.3) is 0 Å². The number of aromatic nitrogens is 2. The van der Waals surface area contributed by atoms with E-state index >= 15 is 0 Å². The summed E-state index contributed by atoms with van der Waals surface area (Å²) in [6.07, 6.45) is 9.97. The van der Waals surface area contributed by atoms with Gasteiger partial charge < -0.3 is 19.7 Å². The molecule has 0 saturated heterocycles. The van der Waals surface area contributed by atoms with Crippen LogP contribution < -0.4 is 5.32 Å². The highest BCUT2D eigenvalue weighted by Crippen LogP contribution is 2.53. The molecule has 1 aromatic heterocycles. The molecule has 160 valence electrons. The minimum atomic E-state index is 0.282. The highest BCUT2D eigenvalue weighted by atomic mass is 16.5. The van der Waals surface area contributed by atoms with Crippen molar-refractivity contribution in [3.63, 3.8) is 0 Å². The van der Waals surface area contributed by atoms with Crippen LogP contribution in [0.15, 0.2) is 6.20 Å². The van der Waals surface area contributed by atoms with Gasteiger partial charge in [-0.15, -0.1) is 0 Å². The quantitative estimate of drug-likeness (QED) is 0.640. The number of H-pyrrole nitrogens is 1. The van der Waals surface area contributed by atoms with Gasteiger partial charge >= 0.3 is 0 Å². The third kappa shape index (κ3) is 5.15. The number of rotatable bonds is 10. The van der Waals surface area contributed by atoms with Gasteiger partial charge in [-0.2, -0.15) is 5.10 Å². The molecule has 6 heteroatoms. The van der Waals surface area contributed by atoms with Crippen LogP contribution in [0.2, 0.25) is 0 Å². The van der Waals surface area contributed by atoms with Gasteiger partial charge in [0.2, 0.25) is 0 Å². The summed E-state index contributed by atoms with van der Waals surface area (Å²) in [7, 11) is 4.19. The first kappa shape index (κ1) is 21.8. The van der Waals surface area contributed by atoms with Crippen molar-refractivity contribution in [2.75, 3.05) is 40.4 Å². The largest absolute Gasteiger partial charge is 0.376 e. The minimum absolute atomic E-state index is 0.282. The van der Waals surface area contributed by atoms with Gasteiger partial charge in [-0.3, -0.25) is 5.10 Å². The molecule has 2 saturated carbocycles. The van der Waals surface area contributed by atoms with Crippen LogP contribution in [0.4, 0.5) is 0 Å². The molecular formula is C22H40N4O2. The van der Waals surface area contributed by atoms with E-state index in [1.54, 1.807) is 0 Å². The number of nitrogens with zero attached hydrogens (tertiary/aromatic N) is 2. The van der Waals surface area contributed by atoms with E-state index in [-0.39, 0.29) is 12.2 Å². The zero-order valence-electron chi connectivity index (χ0n) is 18.3. The fraction of sp³-hybridized carbons (Fsp3) is 0.864. The SMILES string of the molecule is CCOC1CC2(CCC(c3[nH]ncc3CN(C)CCNC)CC2)CC1OCC. The number of aromatic amines is 1. The Hall–Kier alpha value is -0.950. The van der Waals surface area contributed by atoms with Crippen molar-refractivity contribution < 1.29 is 9.47 Å². The van der Waals surface area contributed by atoms with Crippen LogP contribution in [0.1, 0.15) is 69.5 Å². The summed E-state index contributed by atoms with van der Waals surface area (Å²) in [5, 5.41) is 10.9. The summed E-state index contributed by atoms with van der Waals surface area (Å²) >= 11 is 0. The van der Waals surface area contributed by atoms with Gasteiger partial charge in [0.05, 0.1) is 18.4 Å². The van der Waals surface area contributed by atoms with Crippen LogP contribution in [0.5, 0.6) is 0 Å². The molecule has 2 fully saturated rings. The lowest BCUT2D eigenvalue weighted by atomic mass is 9.68. The van der Waals surface area contributed by atoms with Crippen LogP contribution >= 0.6 is 0 Å². The van der Waals surface area contributed by atoms with Crippen LogP contribution in [-0.2, 0) is 16.0 Å². The predicted molar refractivity (Wildman–Crippen MR) is 113 cm³/mol. The lowest BCUT2D eigenvalue weighted by Gasteiger charge is -2.37. The van der Waals surface area contributed by atoms with Crippen molar-refractivity contribution in [3.05, 3.63) is 17.5 Å². The maximum atomic E-state index is 6.04. The number of hydrogen-bond acceptors (Lipinski definition) is 5. The number of hydrogen-bond donors (Lipinski definition) is 2. The molecule has 0 aliphatic heterocycles. The summed E-state index contributed by atoms with van der Waals surface area (Å²) in [6, 6.07) is 0. The zero-order valence-corrected chi connectivity index (χ0v) is 18.3. The van der Waals surface area contributed by atoms with Crippen molar-refractivity contribution in [2.45, 2.75) is 77.0 Å². The predicted octanol–water partition coefficient (Wildman–Crippen LogP) is 3.31. The van der Waals surface area contributed by atoms with Gasteiger partial charge in [-0.25, -0.2) is 0 Å². The Morgan fingerprint density at radius 1 is 1.18 bits per heavy atom. The van der Waals surface area contributed by atoms with Crippen molar-refractivity contribution in [1.29, 1.82) is 0 Å². The molecule has 3 rings (SSSR count). The Kier molecular flexibility index (Phi) is 7.92. The average Bonchev–Trinajstić information content (AvgIpc) is 3.27. The number of ether oxygens (including phenoxy) is 2.